The maximum absolute atomic E-state index is 15.8. The van der Waals surface area contributed by atoms with Crippen molar-refractivity contribution < 1.29 is 18.7 Å². The average Bonchev–Trinajstić information content (AvgIpc) is 2.89. The zero-order chi connectivity index (χ0) is 28.3. The van der Waals surface area contributed by atoms with Gasteiger partial charge in [-0.05, 0) is 77.4 Å². The highest BCUT2D eigenvalue weighted by Gasteiger charge is 2.37. The van der Waals surface area contributed by atoms with Gasteiger partial charge in [0.15, 0.2) is 0 Å². The van der Waals surface area contributed by atoms with E-state index in [9.17, 15) is 4.79 Å². The molecule has 3 aromatic carbocycles. The van der Waals surface area contributed by atoms with E-state index in [0.29, 0.717) is 17.9 Å². The van der Waals surface area contributed by atoms with E-state index >= 15 is 8.78 Å². The van der Waals surface area contributed by atoms with Crippen LogP contribution in [0.3, 0.4) is 0 Å². The van der Waals surface area contributed by atoms with Crippen LogP contribution in [0, 0.1) is 17.0 Å². The number of fused-ring (bicyclic) bond motifs is 1. The number of carboxylic acids is 1. The Morgan fingerprint density at radius 1 is 1.10 bits per heavy atom. The van der Waals surface area contributed by atoms with E-state index in [1.807, 2.05) is 49.4 Å². The summed E-state index contributed by atoms with van der Waals surface area (Å²) in [5.74, 6) is -2.33. The molecule has 202 valence electrons. The number of aliphatic carboxylic acids is 1. The fourth-order valence-corrected chi connectivity index (χ4v) is 5.27. The van der Waals surface area contributed by atoms with Gasteiger partial charge in [0.25, 0.3) is 0 Å². The normalized spacial score (nSPS) is 17.4. The molecule has 2 atom stereocenters. The Kier molecular flexibility index (Phi) is 8.29. The van der Waals surface area contributed by atoms with Gasteiger partial charge in [-0.1, -0.05) is 44.2 Å². The third-order valence-electron chi connectivity index (χ3n) is 7.15. The highest BCUT2D eigenvalue weighted by Crippen LogP contribution is 2.43. The predicted octanol–water partition coefficient (Wildman–Crippen LogP) is 6.94. The number of halogens is 2. The van der Waals surface area contributed by atoms with Gasteiger partial charge in [-0.3, -0.25) is 0 Å². The Bertz CT molecular complexity index is 1420. The molecule has 5 nitrogen and oxygen atoms in total. The lowest BCUT2D eigenvalue weighted by molar-refractivity contribution is -0.131. The molecule has 0 saturated carbocycles. The maximum atomic E-state index is 15.8. The van der Waals surface area contributed by atoms with Crippen molar-refractivity contribution in [2.24, 2.45) is 0 Å². The molecule has 1 heterocycles. The molecule has 0 bridgehead atoms. The molecule has 3 aromatic rings. The number of nitrogens with one attached hydrogen (secondary N) is 2. The molecule has 2 unspecified atom stereocenters. The first-order valence-corrected chi connectivity index (χ1v) is 12.9. The molecule has 39 heavy (non-hydrogen) atoms. The average molecular weight is 530 g/mol. The minimum atomic E-state index is -1.20. The van der Waals surface area contributed by atoms with Crippen molar-refractivity contribution in [2.75, 3.05) is 11.9 Å². The van der Waals surface area contributed by atoms with E-state index in [1.165, 1.54) is 30.0 Å². The Morgan fingerprint density at radius 3 is 2.33 bits per heavy atom. The molecule has 0 radical (unpaired) electrons. The molecule has 0 fully saturated rings. The van der Waals surface area contributed by atoms with E-state index in [4.69, 9.17) is 10.5 Å². The van der Waals surface area contributed by atoms with Gasteiger partial charge in [-0.25, -0.2) is 13.6 Å². The van der Waals surface area contributed by atoms with Crippen molar-refractivity contribution >= 4 is 29.5 Å². The van der Waals surface area contributed by atoms with Crippen LogP contribution in [0.15, 0.2) is 66.9 Å². The smallest absolute Gasteiger partial charge is 0.328 e. The Hall–Kier alpha value is -4.26. The maximum Gasteiger partial charge on any atom is 0.328 e. The second kappa shape index (κ2) is 11.6. The summed E-state index contributed by atoms with van der Waals surface area (Å²) in [6.07, 6.45) is 5.70. The van der Waals surface area contributed by atoms with Crippen LogP contribution in [0.4, 0.5) is 14.5 Å². The number of allylic oxidation sites excluding steroid dienone is 1. The molecule has 0 spiro atoms. The van der Waals surface area contributed by atoms with Crippen molar-refractivity contribution in [3.8, 4) is 0 Å². The minimum absolute atomic E-state index is 0.0889. The Balaban J connectivity index is 1.91. The monoisotopic (exact) mass is 529 g/mol. The highest BCUT2D eigenvalue weighted by atomic mass is 19.1. The number of rotatable bonds is 8. The zero-order valence-corrected chi connectivity index (χ0v) is 22.5. The summed E-state index contributed by atoms with van der Waals surface area (Å²) in [5.41, 5.74) is 5.35. The topological polar surface area (TPSA) is 76.4 Å². The third kappa shape index (κ3) is 5.77. The summed E-state index contributed by atoms with van der Waals surface area (Å²) in [6.45, 7) is 6.27. The predicted molar refractivity (Wildman–Crippen MR) is 153 cm³/mol. The SMILES string of the molecule is CN/C=C(\C=N)c1ccc2c(c1)CC(C)N(c1ccc(C(C)C)cc1)C2c1c(F)cc(/C=C/C(=O)O)cc1F. The number of anilines is 1. The molecule has 0 aliphatic carbocycles. The number of carbonyl (C=O) groups is 1. The van der Waals surface area contributed by atoms with Crippen LogP contribution in [0.5, 0.6) is 0 Å². The van der Waals surface area contributed by atoms with Gasteiger partial charge in [-0.15, -0.1) is 0 Å². The lowest BCUT2D eigenvalue weighted by Gasteiger charge is -2.44. The number of carboxylic acid groups (broad SMARTS) is 1. The van der Waals surface area contributed by atoms with Gasteiger partial charge in [0.1, 0.15) is 11.6 Å². The standard InChI is InChI=1S/C32H33F2N3O2/c1-19(2)22-6-9-26(10-7-22)37-20(3)13-24-16-23(25(17-35)18-36-4)8-11-27(24)32(37)31-28(33)14-21(15-29(31)34)5-12-30(38)39/h5-12,14-20,32,35-36H,13H2,1-4H3,(H,38,39)/b12-5+,25-18+,35-17?. The molecule has 0 saturated heterocycles. The van der Waals surface area contributed by atoms with E-state index in [2.05, 4.69) is 24.1 Å². The van der Waals surface area contributed by atoms with Crippen LogP contribution in [-0.4, -0.2) is 30.4 Å². The Labute approximate surface area is 228 Å². The summed E-state index contributed by atoms with van der Waals surface area (Å²) in [6, 6.07) is 15.4. The summed E-state index contributed by atoms with van der Waals surface area (Å²) in [7, 11) is 1.77. The van der Waals surface area contributed by atoms with Gasteiger partial charge in [0, 0.05) is 42.8 Å². The van der Waals surface area contributed by atoms with Crippen LogP contribution in [0.25, 0.3) is 11.6 Å². The summed E-state index contributed by atoms with van der Waals surface area (Å²) < 4.78 is 31.5. The molecular weight excluding hydrogens is 496 g/mol. The molecule has 4 rings (SSSR count). The molecule has 7 heteroatoms. The summed E-state index contributed by atoms with van der Waals surface area (Å²) >= 11 is 0. The second-order valence-electron chi connectivity index (χ2n) is 10.1. The fourth-order valence-electron chi connectivity index (χ4n) is 5.27. The third-order valence-corrected chi connectivity index (χ3v) is 7.15. The van der Waals surface area contributed by atoms with Gasteiger partial charge >= 0.3 is 5.97 Å². The summed E-state index contributed by atoms with van der Waals surface area (Å²) in [5, 5.41) is 19.7. The molecular formula is C32H33F2N3O2. The number of hydrogen-bond donors (Lipinski definition) is 3. The molecule has 0 aromatic heterocycles. The zero-order valence-electron chi connectivity index (χ0n) is 22.5. The Morgan fingerprint density at radius 2 is 1.77 bits per heavy atom. The molecule has 1 aliphatic heterocycles. The number of hydrogen-bond acceptors (Lipinski definition) is 4. The summed E-state index contributed by atoms with van der Waals surface area (Å²) in [4.78, 5) is 13.0. The van der Waals surface area contributed by atoms with Gasteiger partial charge < -0.3 is 20.7 Å². The van der Waals surface area contributed by atoms with Crippen LogP contribution >= 0.6 is 0 Å². The first kappa shape index (κ1) is 27.8. The van der Waals surface area contributed by atoms with Gasteiger partial charge in [0.2, 0.25) is 0 Å². The van der Waals surface area contributed by atoms with Crippen LogP contribution in [0.1, 0.15) is 66.1 Å². The molecule has 1 aliphatic rings. The van der Waals surface area contributed by atoms with Crippen LogP contribution < -0.4 is 10.2 Å². The van der Waals surface area contributed by atoms with E-state index in [0.717, 1.165) is 28.5 Å². The van der Waals surface area contributed by atoms with Crippen LogP contribution in [-0.2, 0) is 11.2 Å². The van der Waals surface area contributed by atoms with Crippen molar-refractivity contribution in [1.29, 1.82) is 5.41 Å². The lowest BCUT2D eigenvalue weighted by atomic mass is 9.82. The fraction of sp³-hybridized carbons (Fsp3) is 0.250. The van der Waals surface area contributed by atoms with Crippen LogP contribution in [0.2, 0.25) is 0 Å². The van der Waals surface area contributed by atoms with Gasteiger partial charge in [0.05, 0.1) is 11.6 Å². The first-order valence-electron chi connectivity index (χ1n) is 12.9. The van der Waals surface area contributed by atoms with Gasteiger partial charge in [-0.2, -0.15) is 0 Å². The van der Waals surface area contributed by atoms with E-state index in [-0.39, 0.29) is 17.2 Å². The van der Waals surface area contributed by atoms with E-state index in [1.54, 1.807) is 13.2 Å². The number of nitrogens with zero attached hydrogens (tertiary/aromatic N) is 1. The first-order chi connectivity index (χ1) is 18.6. The second-order valence-corrected chi connectivity index (χ2v) is 10.1. The minimum Gasteiger partial charge on any atom is -0.478 e. The van der Waals surface area contributed by atoms with E-state index < -0.39 is 23.6 Å². The lowest BCUT2D eigenvalue weighted by Crippen LogP contribution is -2.43. The van der Waals surface area contributed by atoms with Crippen molar-refractivity contribution in [2.45, 2.75) is 45.2 Å². The highest BCUT2D eigenvalue weighted by molar-refractivity contribution is 6.08. The number of benzene rings is 3. The van der Waals surface area contributed by atoms with Crippen molar-refractivity contribution in [3.05, 3.63) is 112 Å². The molecule has 3 N–H and O–H groups in total. The molecule has 0 amide bonds. The van der Waals surface area contributed by atoms with Crippen molar-refractivity contribution in [3.63, 3.8) is 0 Å². The largest absolute Gasteiger partial charge is 0.478 e. The van der Waals surface area contributed by atoms with Crippen molar-refractivity contribution in [1.82, 2.24) is 5.32 Å². The quantitative estimate of drug-likeness (QED) is 0.218.